The second-order valence-corrected chi connectivity index (χ2v) is 5.78. The Morgan fingerprint density at radius 3 is 3.15 bits per heavy atom. The summed E-state index contributed by atoms with van der Waals surface area (Å²) in [6.07, 6.45) is 2.26. The van der Waals surface area contributed by atoms with Gasteiger partial charge in [-0.1, -0.05) is 0 Å². The van der Waals surface area contributed by atoms with Crippen molar-refractivity contribution in [3.05, 3.63) is 11.1 Å². The van der Waals surface area contributed by atoms with Gasteiger partial charge in [-0.2, -0.15) is 0 Å². The molecule has 112 valence electrons. The van der Waals surface area contributed by atoms with Crippen LogP contribution in [0.2, 0.25) is 0 Å². The van der Waals surface area contributed by atoms with Crippen molar-refractivity contribution in [1.82, 2.24) is 10.3 Å². The zero-order valence-electron chi connectivity index (χ0n) is 11.9. The lowest BCUT2D eigenvalue weighted by molar-refractivity contribution is -0.127. The molecule has 1 N–H and O–H groups in total. The van der Waals surface area contributed by atoms with Crippen LogP contribution in [0, 0.1) is 0 Å². The van der Waals surface area contributed by atoms with E-state index in [1.54, 1.807) is 11.3 Å². The van der Waals surface area contributed by atoms with Crippen molar-refractivity contribution in [2.75, 3.05) is 38.8 Å². The molecule has 0 aromatic carbocycles. The molecule has 0 spiro atoms. The minimum Gasteiger partial charge on any atom is -0.376 e. The van der Waals surface area contributed by atoms with Crippen molar-refractivity contribution in [3.8, 4) is 0 Å². The average molecular weight is 299 g/mol. The van der Waals surface area contributed by atoms with E-state index in [4.69, 9.17) is 9.47 Å². The first-order valence-electron chi connectivity index (χ1n) is 6.73. The van der Waals surface area contributed by atoms with Gasteiger partial charge in [-0.05, 0) is 12.8 Å². The van der Waals surface area contributed by atoms with Gasteiger partial charge >= 0.3 is 0 Å². The fourth-order valence-corrected chi connectivity index (χ4v) is 2.64. The Kier molecular flexibility index (Phi) is 5.75. The summed E-state index contributed by atoms with van der Waals surface area (Å²) >= 11 is 1.56. The van der Waals surface area contributed by atoms with Gasteiger partial charge in [-0.25, -0.2) is 4.98 Å². The number of hydrogen-bond acceptors (Lipinski definition) is 6. The molecule has 2 heterocycles. The molecular formula is C13H21N3O3S. The van der Waals surface area contributed by atoms with E-state index in [0.29, 0.717) is 13.2 Å². The number of nitrogens with zero attached hydrogens (tertiary/aromatic N) is 2. The maximum atomic E-state index is 11.6. The first kappa shape index (κ1) is 15.2. The summed E-state index contributed by atoms with van der Waals surface area (Å²) < 4.78 is 10.8. The molecule has 0 radical (unpaired) electrons. The molecule has 0 saturated carbocycles. The molecule has 0 bridgehead atoms. The summed E-state index contributed by atoms with van der Waals surface area (Å²) in [6.45, 7) is 1.81. The van der Waals surface area contributed by atoms with Crippen molar-refractivity contribution in [3.63, 3.8) is 0 Å². The second kappa shape index (κ2) is 7.56. The van der Waals surface area contributed by atoms with E-state index in [-0.39, 0.29) is 18.6 Å². The number of hydrogen-bond donors (Lipinski definition) is 1. The van der Waals surface area contributed by atoms with Crippen LogP contribution in [-0.4, -0.2) is 50.9 Å². The maximum absolute atomic E-state index is 11.6. The summed E-state index contributed by atoms with van der Waals surface area (Å²) in [5, 5.41) is 5.68. The van der Waals surface area contributed by atoms with Gasteiger partial charge in [-0.15, -0.1) is 11.3 Å². The molecule has 0 aliphatic carbocycles. The van der Waals surface area contributed by atoms with Crippen molar-refractivity contribution >= 4 is 22.4 Å². The van der Waals surface area contributed by atoms with Crippen molar-refractivity contribution in [1.29, 1.82) is 0 Å². The highest BCUT2D eigenvalue weighted by atomic mass is 32.1. The van der Waals surface area contributed by atoms with Crippen LogP contribution in [0.4, 0.5) is 5.13 Å². The molecule has 2 rings (SSSR count). The zero-order valence-corrected chi connectivity index (χ0v) is 12.7. The highest BCUT2D eigenvalue weighted by Crippen LogP contribution is 2.17. The Morgan fingerprint density at radius 2 is 2.50 bits per heavy atom. The third-order valence-electron chi connectivity index (χ3n) is 2.95. The lowest BCUT2D eigenvalue weighted by Gasteiger charge is -2.10. The van der Waals surface area contributed by atoms with Crippen molar-refractivity contribution < 1.29 is 14.3 Å². The van der Waals surface area contributed by atoms with E-state index >= 15 is 0 Å². The van der Waals surface area contributed by atoms with Crippen LogP contribution in [0.25, 0.3) is 0 Å². The molecule has 0 unspecified atom stereocenters. The molecule has 1 aliphatic heterocycles. The topological polar surface area (TPSA) is 63.7 Å². The third-order valence-corrected chi connectivity index (χ3v) is 4.01. The van der Waals surface area contributed by atoms with Gasteiger partial charge in [0, 0.05) is 26.1 Å². The number of ether oxygens (including phenoxy) is 2. The Balaban J connectivity index is 1.61. The highest BCUT2D eigenvalue weighted by Gasteiger charge is 2.15. The Bertz CT molecular complexity index is 430. The number of aromatic nitrogens is 1. The SMILES string of the molecule is CN(C)c1nc(CNC(=O)COC[C@H]2CCCO2)cs1. The van der Waals surface area contributed by atoms with Gasteiger partial charge in [0.2, 0.25) is 5.91 Å². The fourth-order valence-electron chi connectivity index (χ4n) is 1.88. The van der Waals surface area contributed by atoms with Gasteiger partial charge < -0.3 is 19.7 Å². The summed E-state index contributed by atoms with van der Waals surface area (Å²) in [7, 11) is 3.89. The lowest BCUT2D eigenvalue weighted by Crippen LogP contribution is -2.29. The molecule has 1 aromatic heterocycles. The number of nitrogens with one attached hydrogen (secondary N) is 1. The van der Waals surface area contributed by atoms with Crippen LogP contribution in [0.1, 0.15) is 18.5 Å². The quantitative estimate of drug-likeness (QED) is 0.814. The molecule has 20 heavy (non-hydrogen) atoms. The van der Waals surface area contributed by atoms with Crippen molar-refractivity contribution in [2.24, 2.45) is 0 Å². The molecule has 7 heteroatoms. The number of thiazole rings is 1. The van der Waals surface area contributed by atoms with Gasteiger partial charge in [-0.3, -0.25) is 4.79 Å². The number of carbonyl (C=O) groups is 1. The monoisotopic (exact) mass is 299 g/mol. The van der Waals surface area contributed by atoms with E-state index in [2.05, 4.69) is 10.3 Å². The van der Waals surface area contributed by atoms with Gasteiger partial charge in [0.15, 0.2) is 5.13 Å². The summed E-state index contributed by atoms with van der Waals surface area (Å²) in [6, 6.07) is 0. The predicted molar refractivity (Wildman–Crippen MR) is 78.1 cm³/mol. The standard InChI is InChI=1S/C13H21N3O3S/c1-16(2)13-15-10(9-20-13)6-14-12(17)8-18-7-11-4-3-5-19-11/h9,11H,3-8H2,1-2H3,(H,14,17)/t11-/m1/s1. The second-order valence-electron chi connectivity index (χ2n) is 4.94. The maximum Gasteiger partial charge on any atom is 0.246 e. The largest absolute Gasteiger partial charge is 0.376 e. The van der Waals surface area contributed by atoms with Gasteiger partial charge in [0.1, 0.15) is 6.61 Å². The Morgan fingerprint density at radius 1 is 1.65 bits per heavy atom. The van der Waals surface area contributed by atoms with E-state index in [9.17, 15) is 4.79 Å². The Labute approximate surface area is 123 Å². The molecule has 1 aromatic rings. The summed E-state index contributed by atoms with van der Waals surface area (Å²) in [4.78, 5) is 18.0. The van der Waals surface area contributed by atoms with Crippen molar-refractivity contribution in [2.45, 2.75) is 25.5 Å². The van der Waals surface area contributed by atoms with Gasteiger partial charge in [0.05, 0.1) is 24.9 Å². The van der Waals surface area contributed by atoms with E-state index in [1.165, 1.54) is 0 Å². The third kappa shape index (κ3) is 4.73. The van der Waals surface area contributed by atoms with Crippen LogP contribution in [0.3, 0.4) is 0 Å². The molecule has 1 aliphatic rings. The Hall–Kier alpha value is -1.18. The summed E-state index contributed by atoms with van der Waals surface area (Å²) in [5.41, 5.74) is 0.867. The van der Waals surface area contributed by atoms with E-state index < -0.39 is 0 Å². The minimum absolute atomic E-state index is 0.0739. The van der Waals surface area contributed by atoms with Crippen LogP contribution in [0.15, 0.2) is 5.38 Å². The summed E-state index contributed by atoms with van der Waals surface area (Å²) in [5.74, 6) is -0.123. The molecule has 1 atom stereocenters. The highest BCUT2D eigenvalue weighted by molar-refractivity contribution is 7.13. The number of amides is 1. The van der Waals surface area contributed by atoms with E-state index in [0.717, 1.165) is 30.3 Å². The smallest absolute Gasteiger partial charge is 0.246 e. The van der Waals surface area contributed by atoms with Crippen LogP contribution >= 0.6 is 11.3 Å². The number of carbonyl (C=O) groups excluding carboxylic acids is 1. The fraction of sp³-hybridized carbons (Fsp3) is 0.692. The van der Waals surface area contributed by atoms with Crippen LogP contribution < -0.4 is 10.2 Å². The van der Waals surface area contributed by atoms with Crippen LogP contribution in [-0.2, 0) is 20.8 Å². The predicted octanol–water partition coefficient (Wildman–Crippen LogP) is 1.02. The number of anilines is 1. The first-order chi connectivity index (χ1) is 9.65. The first-order valence-corrected chi connectivity index (χ1v) is 7.61. The average Bonchev–Trinajstić information content (AvgIpc) is 3.07. The molecule has 1 amide bonds. The zero-order chi connectivity index (χ0) is 14.4. The van der Waals surface area contributed by atoms with E-state index in [1.807, 2.05) is 24.4 Å². The molecule has 1 saturated heterocycles. The van der Waals surface area contributed by atoms with Crippen LogP contribution in [0.5, 0.6) is 0 Å². The molecule has 1 fully saturated rings. The molecular weight excluding hydrogens is 278 g/mol. The number of rotatable bonds is 7. The van der Waals surface area contributed by atoms with Gasteiger partial charge in [0.25, 0.3) is 0 Å². The lowest BCUT2D eigenvalue weighted by atomic mass is 10.2. The normalized spacial score (nSPS) is 18.2. The minimum atomic E-state index is -0.123. The molecule has 6 nitrogen and oxygen atoms in total.